The van der Waals surface area contributed by atoms with Gasteiger partial charge in [-0.15, -0.1) is 0 Å². The second-order valence-corrected chi connectivity index (χ2v) is 5.26. The monoisotopic (exact) mass is 314 g/mol. The first kappa shape index (κ1) is 15.1. The third-order valence-corrected chi connectivity index (χ3v) is 3.86. The molecule has 1 aromatic heterocycles. The topological polar surface area (TPSA) is 75.3 Å². The zero-order valence-corrected chi connectivity index (χ0v) is 13.0. The van der Waals surface area contributed by atoms with Gasteiger partial charge in [0, 0.05) is 24.5 Å². The number of carbonyl (C=O) groups excluding carboxylic acids is 1. The summed E-state index contributed by atoms with van der Waals surface area (Å²) in [5.41, 5.74) is 1.24. The Labute approximate surface area is 134 Å². The van der Waals surface area contributed by atoms with Crippen LogP contribution in [0.2, 0.25) is 0 Å². The molecule has 0 saturated carbocycles. The molecular formula is C17H18N2O4. The van der Waals surface area contributed by atoms with Crippen LogP contribution in [-0.2, 0) is 4.79 Å². The normalized spacial score (nSPS) is 17.2. The summed E-state index contributed by atoms with van der Waals surface area (Å²) in [6.07, 6.45) is 2.41. The standard InChI is InChI=1S/C17H18N2O4/c1-3-17(21)19-14(16-5-4-8-23-16)10-13(18-19)12-7-6-11(22-2)9-15(12)20/h4-9,14,20H,3,10H2,1-2H3/t14-/m0/s1. The van der Waals surface area contributed by atoms with E-state index in [4.69, 9.17) is 9.15 Å². The molecule has 0 radical (unpaired) electrons. The molecule has 1 aliphatic heterocycles. The van der Waals surface area contributed by atoms with Crippen LogP contribution in [0.1, 0.15) is 37.1 Å². The number of nitrogens with zero attached hydrogens (tertiary/aromatic N) is 2. The molecular weight excluding hydrogens is 296 g/mol. The van der Waals surface area contributed by atoms with Gasteiger partial charge >= 0.3 is 0 Å². The summed E-state index contributed by atoms with van der Waals surface area (Å²) >= 11 is 0. The molecule has 3 rings (SSSR count). The molecule has 2 aromatic rings. The first-order chi connectivity index (χ1) is 11.1. The highest BCUT2D eigenvalue weighted by atomic mass is 16.5. The molecule has 1 N–H and O–H groups in total. The molecule has 1 aromatic carbocycles. The summed E-state index contributed by atoms with van der Waals surface area (Å²) in [5, 5.41) is 16.1. The largest absolute Gasteiger partial charge is 0.507 e. The van der Waals surface area contributed by atoms with E-state index >= 15 is 0 Å². The van der Waals surface area contributed by atoms with Crippen molar-refractivity contribution in [1.82, 2.24) is 5.01 Å². The average Bonchev–Trinajstić information content (AvgIpc) is 3.23. The summed E-state index contributed by atoms with van der Waals surface area (Å²) in [6, 6.07) is 8.36. The van der Waals surface area contributed by atoms with Crippen molar-refractivity contribution in [3.63, 3.8) is 0 Å². The molecule has 0 fully saturated rings. The van der Waals surface area contributed by atoms with Crippen LogP contribution in [0, 0.1) is 0 Å². The lowest BCUT2D eigenvalue weighted by Gasteiger charge is -2.18. The number of carbonyl (C=O) groups is 1. The number of hydrogen-bond donors (Lipinski definition) is 1. The summed E-state index contributed by atoms with van der Waals surface area (Å²) in [4.78, 5) is 12.2. The number of phenolic OH excluding ortho intramolecular Hbond substituents is 1. The molecule has 23 heavy (non-hydrogen) atoms. The van der Waals surface area contributed by atoms with Crippen LogP contribution in [0.15, 0.2) is 46.1 Å². The van der Waals surface area contributed by atoms with E-state index in [0.717, 1.165) is 0 Å². The Bertz CT molecular complexity index is 737. The lowest BCUT2D eigenvalue weighted by Crippen LogP contribution is -2.25. The van der Waals surface area contributed by atoms with Gasteiger partial charge in [0.2, 0.25) is 5.91 Å². The molecule has 0 unspecified atom stereocenters. The quantitative estimate of drug-likeness (QED) is 0.941. The highest BCUT2D eigenvalue weighted by molar-refractivity contribution is 6.05. The van der Waals surface area contributed by atoms with E-state index in [1.54, 1.807) is 31.4 Å². The van der Waals surface area contributed by atoms with Crippen molar-refractivity contribution in [1.29, 1.82) is 0 Å². The first-order valence-corrected chi connectivity index (χ1v) is 7.44. The predicted octanol–water partition coefficient (Wildman–Crippen LogP) is 3.08. The van der Waals surface area contributed by atoms with Gasteiger partial charge in [0.25, 0.3) is 0 Å². The van der Waals surface area contributed by atoms with Crippen molar-refractivity contribution in [2.75, 3.05) is 7.11 Å². The fourth-order valence-electron chi connectivity index (χ4n) is 2.65. The van der Waals surface area contributed by atoms with Crippen LogP contribution in [0.5, 0.6) is 11.5 Å². The maximum absolute atomic E-state index is 12.2. The number of phenols is 1. The van der Waals surface area contributed by atoms with Crippen LogP contribution in [0.25, 0.3) is 0 Å². The van der Waals surface area contributed by atoms with Gasteiger partial charge in [0.15, 0.2) is 0 Å². The van der Waals surface area contributed by atoms with Crippen LogP contribution >= 0.6 is 0 Å². The second kappa shape index (κ2) is 6.16. The number of hydrogen-bond acceptors (Lipinski definition) is 5. The number of methoxy groups -OCH3 is 1. The molecule has 2 heterocycles. The molecule has 6 heteroatoms. The minimum atomic E-state index is -0.283. The fourth-order valence-corrected chi connectivity index (χ4v) is 2.65. The molecule has 1 amide bonds. The Morgan fingerprint density at radius 3 is 2.91 bits per heavy atom. The highest BCUT2D eigenvalue weighted by Gasteiger charge is 2.34. The molecule has 120 valence electrons. The SMILES string of the molecule is CCC(=O)N1N=C(c2ccc(OC)cc2O)C[C@H]1c1ccco1. The molecule has 0 aliphatic carbocycles. The number of furan rings is 1. The van der Waals surface area contributed by atoms with E-state index < -0.39 is 0 Å². The van der Waals surface area contributed by atoms with Crippen molar-refractivity contribution in [3.8, 4) is 11.5 Å². The number of aromatic hydroxyl groups is 1. The van der Waals surface area contributed by atoms with Crippen molar-refractivity contribution >= 4 is 11.6 Å². The maximum Gasteiger partial charge on any atom is 0.243 e. The first-order valence-electron chi connectivity index (χ1n) is 7.44. The van der Waals surface area contributed by atoms with Crippen molar-refractivity contribution in [3.05, 3.63) is 47.9 Å². The van der Waals surface area contributed by atoms with Crippen LogP contribution in [0.4, 0.5) is 0 Å². The Hall–Kier alpha value is -2.76. The molecule has 1 atom stereocenters. The lowest BCUT2D eigenvalue weighted by atomic mass is 10.0. The van der Waals surface area contributed by atoms with Gasteiger partial charge in [-0.25, -0.2) is 5.01 Å². The lowest BCUT2D eigenvalue weighted by molar-refractivity contribution is -0.133. The van der Waals surface area contributed by atoms with Crippen molar-refractivity contribution in [2.45, 2.75) is 25.8 Å². The summed E-state index contributed by atoms with van der Waals surface area (Å²) in [7, 11) is 1.54. The number of rotatable bonds is 4. The van der Waals surface area contributed by atoms with E-state index in [0.29, 0.717) is 35.6 Å². The Morgan fingerprint density at radius 1 is 1.48 bits per heavy atom. The van der Waals surface area contributed by atoms with E-state index in [1.807, 2.05) is 6.07 Å². The Morgan fingerprint density at radius 2 is 2.30 bits per heavy atom. The van der Waals surface area contributed by atoms with Crippen LogP contribution in [0.3, 0.4) is 0 Å². The van der Waals surface area contributed by atoms with E-state index in [9.17, 15) is 9.90 Å². The molecule has 6 nitrogen and oxygen atoms in total. The number of benzene rings is 1. The van der Waals surface area contributed by atoms with E-state index in [-0.39, 0.29) is 17.7 Å². The number of hydrazone groups is 1. The van der Waals surface area contributed by atoms with E-state index in [1.165, 1.54) is 18.2 Å². The van der Waals surface area contributed by atoms with Gasteiger partial charge in [-0.2, -0.15) is 5.10 Å². The zero-order chi connectivity index (χ0) is 16.4. The maximum atomic E-state index is 12.2. The van der Waals surface area contributed by atoms with Gasteiger partial charge < -0.3 is 14.3 Å². The summed E-state index contributed by atoms with van der Waals surface area (Å²) < 4.78 is 10.5. The summed E-state index contributed by atoms with van der Waals surface area (Å²) in [6.45, 7) is 1.79. The Balaban J connectivity index is 1.96. The molecule has 1 aliphatic rings. The minimum absolute atomic E-state index is 0.0760. The van der Waals surface area contributed by atoms with Gasteiger partial charge in [0.05, 0.1) is 19.1 Å². The Kier molecular flexibility index (Phi) is 4.06. The van der Waals surface area contributed by atoms with E-state index in [2.05, 4.69) is 5.10 Å². The third kappa shape index (κ3) is 2.79. The van der Waals surface area contributed by atoms with Gasteiger partial charge in [0.1, 0.15) is 23.3 Å². The fraction of sp³-hybridized carbons (Fsp3) is 0.294. The second-order valence-electron chi connectivity index (χ2n) is 5.26. The van der Waals surface area contributed by atoms with Crippen LogP contribution < -0.4 is 4.74 Å². The number of amides is 1. The van der Waals surface area contributed by atoms with Gasteiger partial charge in [-0.3, -0.25) is 4.79 Å². The zero-order valence-electron chi connectivity index (χ0n) is 13.0. The van der Waals surface area contributed by atoms with Crippen molar-refractivity contribution in [2.24, 2.45) is 5.10 Å². The molecule has 0 bridgehead atoms. The smallest absolute Gasteiger partial charge is 0.243 e. The van der Waals surface area contributed by atoms with Crippen molar-refractivity contribution < 1.29 is 19.1 Å². The average molecular weight is 314 g/mol. The number of ether oxygens (including phenoxy) is 1. The molecule has 0 saturated heterocycles. The highest BCUT2D eigenvalue weighted by Crippen LogP contribution is 2.36. The van der Waals surface area contributed by atoms with Gasteiger partial charge in [-0.05, 0) is 24.3 Å². The molecule has 0 spiro atoms. The van der Waals surface area contributed by atoms with Gasteiger partial charge in [-0.1, -0.05) is 6.92 Å². The minimum Gasteiger partial charge on any atom is -0.507 e. The predicted molar refractivity (Wildman–Crippen MR) is 84.4 cm³/mol. The summed E-state index contributed by atoms with van der Waals surface area (Å²) in [5.74, 6) is 1.23. The third-order valence-electron chi connectivity index (χ3n) is 3.86. The van der Waals surface area contributed by atoms with Crippen LogP contribution in [-0.4, -0.2) is 28.8 Å².